The maximum atomic E-state index is 6.22. The van der Waals surface area contributed by atoms with Gasteiger partial charge in [0, 0.05) is 10.6 Å². The average Bonchev–Trinajstić information content (AvgIpc) is 2.84. The van der Waals surface area contributed by atoms with Crippen molar-refractivity contribution in [2.75, 3.05) is 5.73 Å². The number of aryl methyl sites for hydroxylation is 2. The zero-order valence-corrected chi connectivity index (χ0v) is 12.6. The van der Waals surface area contributed by atoms with E-state index in [4.69, 9.17) is 17.3 Å². The van der Waals surface area contributed by atoms with E-state index < -0.39 is 0 Å². The second-order valence-electron chi connectivity index (χ2n) is 5.03. The highest BCUT2D eigenvalue weighted by molar-refractivity contribution is 6.30. The lowest BCUT2D eigenvalue weighted by molar-refractivity contribution is 0.806. The Morgan fingerprint density at radius 2 is 1.76 bits per heavy atom. The van der Waals surface area contributed by atoms with Crippen molar-refractivity contribution in [3.05, 3.63) is 58.6 Å². The van der Waals surface area contributed by atoms with Crippen LogP contribution in [0.5, 0.6) is 0 Å². The van der Waals surface area contributed by atoms with Crippen molar-refractivity contribution in [2.24, 2.45) is 0 Å². The molecule has 5 heteroatoms. The van der Waals surface area contributed by atoms with Crippen LogP contribution in [0.2, 0.25) is 5.02 Å². The molecule has 2 N–H and O–H groups in total. The second kappa shape index (κ2) is 5.22. The highest BCUT2D eigenvalue weighted by atomic mass is 35.5. The van der Waals surface area contributed by atoms with Crippen LogP contribution in [0.15, 0.2) is 42.5 Å². The molecule has 0 atom stereocenters. The topological polar surface area (TPSA) is 56.7 Å². The first kappa shape index (κ1) is 13.6. The molecule has 0 radical (unpaired) electrons. The van der Waals surface area contributed by atoms with Crippen molar-refractivity contribution in [3.8, 4) is 16.9 Å². The lowest BCUT2D eigenvalue weighted by atomic mass is 10.1. The van der Waals surface area contributed by atoms with E-state index in [2.05, 4.69) is 10.3 Å². The van der Waals surface area contributed by atoms with Gasteiger partial charge in [0.1, 0.15) is 5.69 Å². The molecule has 1 heterocycles. The predicted molar refractivity (Wildman–Crippen MR) is 85.7 cm³/mol. The number of rotatable bonds is 2. The van der Waals surface area contributed by atoms with Crippen LogP contribution in [0.25, 0.3) is 16.9 Å². The highest BCUT2D eigenvalue weighted by Gasteiger charge is 2.14. The summed E-state index contributed by atoms with van der Waals surface area (Å²) in [6, 6.07) is 13.6. The van der Waals surface area contributed by atoms with Crippen LogP contribution in [-0.4, -0.2) is 15.0 Å². The molecule has 0 saturated carbocycles. The largest absolute Gasteiger partial charge is 0.382 e. The van der Waals surface area contributed by atoms with E-state index in [9.17, 15) is 0 Å². The standard InChI is InChI=1S/C16H15ClN4/c1-10-3-6-12(7-4-10)15-16(18)21(20-19-15)14-9-13(17)8-5-11(14)2/h3-9H,18H2,1-2H3. The van der Waals surface area contributed by atoms with Crippen molar-refractivity contribution in [1.29, 1.82) is 0 Å². The number of hydrogen-bond acceptors (Lipinski definition) is 3. The normalized spacial score (nSPS) is 10.8. The van der Waals surface area contributed by atoms with E-state index in [1.54, 1.807) is 4.68 Å². The SMILES string of the molecule is Cc1ccc(-c2nnn(-c3cc(Cl)ccc3C)c2N)cc1. The van der Waals surface area contributed by atoms with E-state index in [1.807, 2.05) is 56.3 Å². The number of benzene rings is 2. The number of hydrogen-bond donors (Lipinski definition) is 1. The predicted octanol–water partition coefficient (Wildman–Crippen LogP) is 3.79. The van der Waals surface area contributed by atoms with Gasteiger partial charge in [-0.1, -0.05) is 52.7 Å². The molecule has 4 nitrogen and oxygen atoms in total. The summed E-state index contributed by atoms with van der Waals surface area (Å²) in [7, 11) is 0. The first-order valence-electron chi connectivity index (χ1n) is 6.61. The van der Waals surface area contributed by atoms with Gasteiger partial charge in [0.25, 0.3) is 0 Å². The summed E-state index contributed by atoms with van der Waals surface area (Å²) in [6.45, 7) is 4.03. The number of anilines is 1. The Bertz CT molecular complexity index is 791. The van der Waals surface area contributed by atoms with Crippen LogP contribution in [0, 0.1) is 13.8 Å². The minimum atomic E-state index is 0.504. The Kier molecular flexibility index (Phi) is 3.39. The fourth-order valence-corrected chi connectivity index (χ4v) is 2.36. The molecule has 0 saturated heterocycles. The van der Waals surface area contributed by atoms with Crippen molar-refractivity contribution >= 4 is 17.4 Å². The van der Waals surface area contributed by atoms with Crippen LogP contribution in [-0.2, 0) is 0 Å². The molecular formula is C16H15ClN4. The van der Waals surface area contributed by atoms with Crippen LogP contribution in [0.4, 0.5) is 5.82 Å². The molecule has 0 unspecified atom stereocenters. The quantitative estimate of drug-likeness (QED) is 0.783. The summed E-state index contributed by atoms with van der Waals surface area (Å²) >= 11 is 6.06. The van der Waals surface area contributed by atoms with Crippen LogP contribution in [0.1, 0.15) is 11.1 Å². The highest BCUT2D eigenvalue weighted by Crippen LogP contribution is 2.27. The molecule has 21 heavy (non-hydrogen) atoms. The Balaban J connectivity index is 2.11. The van der Waals surface area contributed by atoms with Gasteiger partial charge in [0.05, 0.1) is 5.69 Å². The molecule has 0 fully saturated rings. The van der Waals surface area contributed by atoms with Gasteiger partial charge in [0.15, 0.2) is 5.82 Å². The van der Waals surface area contributed by atoms with Crippen molar-refractivity contribution < 1.29 is 0 Å². The summed E-state index contributed by atoms with van der Waals surface area (Å²) in [6.07, 6.45) is 0. The minimum Gasteiger partial charge on any atom is -0.382 e. The van der Waals surface area contributed by atoms with Gasteiger partial charge in [-0.3, -0.25) is 0 Å². The van der Waals surface area contributed by atoms with Crippen LogP contribution < -0.4 is 5.73 Å². The number of aromatic nitrogens is 3. The van der Waals surface area contributed by atoms with Gasteiger partial charge in [-0.15, -0.1) is 5.10 Å². The summed E-state index contributed by atoms with van der Waals surface area (Å²) in [5.74, 6) is 0.504. The maximum Gasteiger partial charge on any atom is 0.155 e. The maximum absolute atomic E-state index is 6.22. The third-order valence-electron chi connectivity index (χ3n) is 3.43. The van der Waals surface area contributed by atoms with Crippen molar-refractivity contribution in [3.63, 3.8) is 0 Å². The van der Waals surface area contributed by atoms with Crippen molar-refractivity contribution in [1.82, 2.24) is 15.0 Å². The molecule has 2 aromatic carbocycles. The van der Waals surface area contributed by atoms with E-state index in [-0.39, 0.29) is 0 Å². The molecular weight excluding hydrogens is 284 g/mol. The summed E-state index contributed by atoms with van der Waals surface area (Å²) in [5.41, 5.74) is 10.9. The average molecular weight is 299 g/mol. The lowest BCUT2D eigenvalue weighted by Crippen LogP contribution is -2.04. The first-order chi connectivity index (χ1) is 10.1. The minimum absolute atomic E-state index is 0.504. The fourth-order valence-electron chi connectivity index (χ4n) is 2.19. The van der Waals surface area contributed by atoms with Gasteiger partial charge in [-0.25, -0.2) is 0 Å². The molecule has 0 bridgehead atoms. The van der Waals surface area contributed by atoms with E-state index >= 15 is 0 Å². The van der Waals surface area contributed by atoms with Crippen molar-refractivity contribution in [2.45, 2.75) is 13.8 Å². The van der Waals surface area contributed by atoms with E-state index in [0.29, 0.717) is 16.5 Å². The third-order valence-corrected chi connectivity index (χ3v) is 3.66. The van der Waals surface area contributed by atoms with Crippen LogP contribution >= 0.6 is 11.6 Å². The fraction of sp³-hybridized carbons (Fsp3) is 0.125. The Labute approximate surface area is 128 Å². The molecule has 1 aromatic heterocycles. The lowest BCUT2D eigenvalue weighted by Gasteiger charge is -2.07. The molecule has 0 aliphatic rings. The molecule has 3 aromatic rings. The molecule has 0 spiro atoms. The smallest absolute Gasteiger partial charge is 0.155 e. The number of halogens is 1. The Morgan fingerprint density at radius 3 is 2.48 bits per heavy atom. The molecule has 0 aliphatic carbocycles. The van der Waals surface area contributed by atoms with Gasteiger partial charge in [-0.2, -0.15) is 4.68 Å². The monoisotopic (exact) mass is 298 g/mol. The number of nitrogens with two attached hydrogens (primary N) is 1. The Hall–Kier alpha value is -2.33. The summed E-state index contributed by atoms with van der Waals surface area (Å²) < 4.78 is 1.62. The Morgan fingerprint density at radius 1 is 1.05 bits per heavy atom. The van der Waals surface area contributed by atoms with Crippen LogP contribution in [0.3, 0.4) is 0 Å². The second-order valence-corrected chi connectivity index (χ2v) is 5.47. The van der Waals surface area contributed by atoms with E-state index in [1.165, 1.54) is 5.56 Å². The third kappa shape index (κ3) is 2.50. The summed E-state index contributed by atoms with van der Waals surface area (Å²) in [4.78, 5) is 0. The molecule has 0 aliphatic heterocycles. The van der Waals surface area contributed by atoms with Gasteiger partial charge < -0.3 is 5.73 Å². The summed E-state index contributed by atoms with van der Waals surface area (Å²) in [5, 5.41) is 9.02. The number of nitrogens with zero attached hydrogens (tertiary/aromatic N) is 3. The zero-order chi connectivity index (χ0) is 15.0. The van der Waals surface area contributed by atoms with Gasteiger partial charge in [-0.05, 0) is 31.5 Å². The van der Waals surface area contributed by atoms with Gasteiger partial charge in [0.2, 0.25) is 0 Å². The molecule has 0 amide bonds. The zero-order valence-electron chi connectivity index (χ0n) is 11.8. The van der Waals surface area contributed by atoms with Gasteiger partial charge >= 0.3 is 0 Å². The van der Waals surface area contributed by atoms with E-state index in [0.717, 1.165) is 16.8 Å². The first-order valence-corrected chi connectivity index (χ1v) is 6.99. The molecule has 3 rings (SSSR count). The number of nitrogen functional groups attached to an aromatic ring is 1. The molecule has 106 valence electrons.